The van der Waals surface area contributed by atoms with Crippen molar-refractivity contribution >= 4 is 5.97 Å². The van der Waals surface area contributed by atoms with Gasteiger partial charge in [0.2, 0.25) is 0 Å². The minimum absolute atomic E-state index is 0.116. The maximum atomic E-state index is 12.9. The summed E-state index contributed by atoms with van der Waals surface area (Å²) in [5.74, 6) is -0.409. The predicted octanol–water partition coefficient (Wildman–Crippen LogP) is 1.52. The Balaban J connectivity index is 1.65. The number of benzene rings is 1. The van der Waals surface area contributed by atoms with Gasteiger partial charge >= 0.3 is 5.97 Å². The number of nitrogens with zero attached hydrogens (tertiary/aromatic N) is 1. The van der Waals surface area contributed by atoms with Crippen molar-refractivity contribution in [3.63, 3.8) is 0 Å². The van der Waals surface area contributed by atoms with Gasteiger partial charge in [-0.15, -0.1) is 0 Å². The van der Waals surface area contributed by atoms with Crippen LogP contribution in [0.25, 0.3) is 0 Å². The van der Waals surface area contributed by atoms with E-state index in [0.29, 0.717) is 12.2 Å². The van der Waals surface area contributed by atoms with Gasteiger partial charge < -0.3 is 24.6 Å². The first-order valence-corrected chi connectivity index (χ1v) is 10.2. The summed E-state index contributed by atoms with van der Waals surface area (Å²) >= 11 is 0. The molecular weight excluding hydrogens is 358 g/mol. The summed E-state index contributed by atoms with van der Waals surface area (Å²) in [5.41, 5.74) is 0.0764. The summed E-state index contributed by atoms with van der Waals surface area (Å²) in [5, 5.41) is 22.4. The second kappa shape index (κ2) is 4.92. The van der Waals surface area contributed by atoms with Crippen molar-refractivity contribution in [1.82, 2.24) is 4.90 Å². The van der Waals surface area contributed by atoms with Crippen LogP contribution in [0.1, 0.15) is 30.9 Å². The van der Waals surface area contributed by atoms with Crippen LogP contribution in [0.5, 0.6) is 11.5 Å². The van der Waals surface area contributed by atoms with E-state index in [-0.39, 0.29) is 29.8 Å². The molecule has 0 aromatic heterocycles. The first-order valence-electron chi connectivity index (χ1n) is 10.2. The van der Waals surface area contributed by atoms with E-state index < -0.39 is 23.0 Å². The number of piperidine rings is 1. The minimum atomic E-state index is -1.44. The van der Waals surface area contributed by atoms with Crippen molar-refractivity contribution in [2.45, 2.75) is 49.3 Å². The Labute approximate surface area is 163 Å². The molecular formula is C22H25NO5. The van der Waals surface area contributed by atoms with Gasteiger partial charge in [0.25, 0.3) is 0 Å². The molecule has 0 radical (unpaired) electrons. The molecule has 6 atom stereocenters. The van der Waals surface area contributed by atoms with Gasteiger partial charge in [0.1, 0.15) is 11.7 Å². The number of likely N-dealkylation sites (tertiary alicyclic amines) is 1. The number of carbonyl (C=O) groups is 1. The fraction of sp³-hybridized carbons (Fsp3) is 0.591. The number of fused-ring (bicyclic) bond motifs is 1. The summed E-state index contributed by atoms with van der Waals surface area (Å²) in [6.07, 6.45) is 5.58. The first kappa shape index (κ1) is 16.9. The Kier molecular flexibility index (Phi) is 2.96. The molecule has 4 bridgehead atoms. The van der Waals surface area contributed by atoms with E-state index in [0.717, 1.165) is 24.9 Å². The van der Waals surface area contributed by atoms with Crippen molar-refractivity contribution in [1.29, 1.82) is 0 Å². The van der Waals surface area contributed by atoms with E-state index in [2.05, 4.69) is 18.0 Å². The van der Waals surface area contributed by atoms with E-state index in [1.54, 1.807) is 19.1 Å². The van der Waals surface area contributed by atoms with Crippen molar-refractivity contribution in [2.24, 2.45) is 11.3 Å². The lowest BCUT2D eigenvalue weighted by molar-refractivity contribution is -0.213. The van der Waals surface area contributed by atoms with Crippen LogP contribution in [-0.2, 0) is 21.4 Å². The second-order valence-electron chi connectivity index (χ2n) is 9.14. The van der Waals surface area contributed by atoms with Crippen molar-refractivity contribution in [2.75, 3.05) is 20.2 Å². The Morgan fingerprint density at radius 1 is 1.39 bits per heavy atom. The highest BCUT2D eigenvalue weighted by atomic mass is 16.5. The SMILES string of the molecule is CCOC(=O)C1CC23C=CC1(O)C1Oc4c(O)ccc5c4C12CCN(C)C3C5. The molecule has 7 rings (SSSR count). The Hall–Kier alpha value is -2.05. The Bertz CT molecular complexity index is 943. The molecule has 148 valence electrons. The Morgan fingerprint density at radius 2 is 2.21 bits per heavy atom. The van der Waals surface area contributed by atoms with Gasteiger partial charge in [0.15, 0.2) is 11.5 Å². The summed E-state index contributed by atoms with van der Waals surface area (Å²) in [6.45, 7) is 2.97. The van der Waals surface area contributed by atoms with Crippen LogP contribution in [0.4, 0.5) is 0 Å². The van der Waals surface area contributed by atoms with Crippen LogP contribution >= 0.6 is 0 Å². The number of hydrogen-bond donors (Lipinski definition) is 2. The molecule has 1 saturated heterocycles. The first-order chi connectivity index (χ1) is 13.4. The zero-order valence-corrected chi connectivity index (χ0v) is 16.1. The summed E-state index contributed by atoms with van der Waals surface area (Å²) < 4.78 is 11.7. The molecule has 6 heteroatoms. The quantitative estimate of drug-likeness (QED) is 0.596. The van der Waals surface area contributed by atoms with Crippen molar-refractivity contribution in [3.8, 4) is 11.5 Å². The molecule has 6 unspecified atom stereocenters. The number of rotatable bonds is 2. The molecule has 1 saturated carbocycles. The lowest BCUT2D eigenvalue weighted by Crippen LogP contribution is -2.79. The molecule has 2 spiro atoms. The van der Waals surface area contributed by atoms with Crippen LogP contribution in [0.3, 0.4) is 0 Å². The summed E-state index contributed by atoms with van der Waals surface area (Å²) in [7, 11) is 2.14. The van der Waals surface area contributed by atoms with Crippen LogP contribution in [-0.4, -0.2) is 59.0 Å². The number of carbonyl (C=O) groups excluding carboxylic acids is 1. The normalized spacial score (nSPS) is 44.2. The molecule has 2 N–H and O–H groups in total. The zero-order valence-electron chi connectivity index (χ0n) is 16.1. The average Bonchev–Trinajstić information content (AvgIpc) is 3.04. The third-order valence-corrected chi connectivity index (χ3v) is 8.32. The summed E-state index contributed by atoms with van der Waals surface area (Å²) in [6, 6.07) is 3.91. The maximum Gasteiger partial charge on any atom is 0.312 e. The lowest BCUT2D eigenvalue weighted by atomic mass is 9.37. The number of hydrogen-bond acceptors (Lipinski definition) is 6. The number of esters is 1. The number of likely N-dealkylation sites (N-methyl/N-ethyl adjacent to an activating group) is 1. The average molecular weight is 383 g/mol. The number of aliphatic hydroxyl groups is 1. The molecule has 1 aromatic carbocycles. The van der Waals surface area contributed by atoms with Gasteiger partial charge in [-0.25, -0.2) is 0 Å². The molecule has 0 amide bonds. The van der Waals surface area contributed by atoms with Gasteiger partial charge in [-0.05, 0) is 51.4 Å². The fourth-order valence-corrected chi connectivity index (χ4v) is 7.27. The molecule has 2 heterocycles. The topological polar surface area (TPSA) is 79.2 Å². The van der Waals surface area contributed by atoms with E-state index in [1.165, 1.54) is 5.56 Å². The molecule has 2 fully saturated rings. The highest BCUT2D eigenvalue weighted by molar-refractivity contribution is 5.78. The highest BCUT2D eigenvalue weighted by Crippen LogP contribution is 2.74. The number of phenolic OH excluding ortho intramolecular Hbond substituents is 1. The third-order valence-electron chi connectivity index (χ3n) is 8.32. The van der Waals surface area contributed by atoms with E-state index in [1.807, 2.05) is 6.07 Å². The predicted molar refractivity (Wildman–Crippen MR) is 100 cm³/mol. The molecule has 6 aliphatic rings. The van der Waals surface area contributed by atoms with Gasteiger partial charge in [0, 0.05) is 17.0 Å². The fourth-order valence-electron chi connectivity index (χ4n) is 7.27. The minimum Gasteiger partial charge on any atom is -0.504 e. The monoisotopic (exact) mass is 383 g/mol. The lowest BCUT2D eigenvalue weighted by Gasteiger charge is -2.70. The Morgan fingerprint density at radius 3 is 3.00 bits per heavy atom. The van der Waals surface area contributed by atoms with Gasteiger partial charge in [-0.1, -0.05) is 18.2 Å². The molecule has 6 nitrogen and oxygen atoms in total. The van der Waals surface area contributed by atoms with Gasteiger partial charge in [-0.3, -0.25) is 4.79 Å². The van der Waals surface area contributed by atoms with Crippen molar-refractivity contribution in [3.05, 3.63) is 35.4 Å². The standard InChI is InChI=1S/C22H25NO5/c1-3-27-18(25)13-11-20-6-7-22(13,26)19-21(20)8-9-23(2)15(20)10-12-4-5-14(24)17(28-19)16(12)21/h4-7,13,15,19,24,26H,3,8-11H2,1-2H3. The molecule has 1 aromatic rings. The smallest absolute Gasteiger partial charge is 0.312 e. The molecule has 28 heavy (non-hydrogen) atoms. The van der Waals surface area contributed by atoms with Crippen LogP contribution in [0, 0.1) is 11.3 Å². The molecule has 4 aliphatic carbocycles. The van der Waals surface area contributed by atoms with E-state index in [4.69, 9.17) is 9.47 Å². The third kappa shape index (κ3) is 1.52. The number of ether oxygens (including phenoxy) is 2. The summed E-state index contributed by atoms with van der Waals surface area (Å²) in [4.78, 5) is 15.2. The van der Waals surface area contributed by atoms with Crippen molar-refractivity contribution < 1.29 is 24.5 Å². The maximum absolute atomic E-state index is 12.9. The van der Waals surface area contributed by atoms with Gasteiger partial charge in [0.05, 0.1) is 17.9 Å². The van der Waals surface area contributed by atoms with E-state index in [9.17, 15) is 15.0 Å². The van der Waals surface area contributed by atoms with E-state index >= 15 is 0 Å². The second-order valence-corrected chi connectivity index (χ2v) is 9.14. The largest absolute Gasteiger partial charge is 0.504 e. The molecule has 2 aliphatic heterocycles. The zero-order chi connectivity index (χ0) is 19.5. The van der Waals surface area contributed by atoms with Crippen LogP contribution in [0.15, 0.2) is 24.3 Å². The highest BCUT2D eigenvalue weighted by Gasteiger charge is 2.79. The number of aromatic hydroxyl groups is 1. The van der Waals surface area contributed by atoms with Gasteiger partial charge in [-0.2, -0.15) is 0 Å². The van der Waals surface area contributed by atoms with Crippen LogP contribution in [0.2, 0.25) is 0 Å². The van der Waals surface area contributed by atoms with Crippen LogP contribution < -0.4 is 4.74 Å². The number of phenols is 1.